The van der Waals surface area contributed by atoms with Crippen molar-refractivity contribution in [2.24, 2.45) is 10.8 Å². The molecule has 156 valence electrons. The van der Waals surface area contributed by atoms with E-state index in [1.54, 1.807) is 13.8 Å². The van der Waals surface area contributed by atoms with E-state index >= 15 is 0 Å². The predicted octanol–water partition coefficient (Wildman–Crippen LogP) is 5.70. The zero-order chi connectivity index (χ0) is 20.9. The standard InChI is InChI=1S/C24H36O4/c1-17-15-18(2)20(10-6-8-12-24(13-14-24)22(27)28)19(16-17)9-5-7-11-23(3,4)21(25)26/h15-16H,5-14H2,1-4H3,(H,25,26)(H,27,28). The minimum atomic E-state index is -0.727. The molecule has 0 bridgehead atoms. The van der Waals surface area contributed by atoms with Gasteiger partial charge in [-0.15, -0.1) is 0 Å². The SMILES string of the molecule is Cc1cc(C)c(CCCCC2(C(=O)O)CC2)c(CCCCC(C)(C)C(=O)O)c1. The van der Waals surface area contributed by atoms with Crippen molar-refractivity contribution in [1.82, 2.24) is 0 Å². The first-order valence-corrected chi connectivity index (χ1v) is 10.6. The minimum Gasteiger partial charge on any atom is -0.481 e. The molecule has 2 N–H and O–H groups in total. The molecule has 0 atom stereocenters. The summed E-state index contributed by atoms with van der Waals surface area (Å²) in [6, 6.07) is 4.50. The monoisotopic (exact) mass is 388 g/mol. The lowest BCUT2D eigenvalue weighted by Gasteiger charge is -2.19. The molecule has 0 amide bonds. The van der Waals surface area contributed by atoms with Crippen molar-refractivity contribution >= 4 is 11.9 Å². The number of carboxylic acids is 2. The molecule has 4 nitrogen and oxygen atoms in total. The Kier molecular flexibility index (Phi) is 7.30. The van der Waals surface area contributed by atoms with E-state index in [4.69, 9.17) is 0 Å². The van der Waals surface area contributed by atoms with E-state index in [0.717, 1.165) is 57.8 Å². The highest BCUT2D eigenvalue weighted by Gasteiger charge is 2.49. The van der Waals surface area contributed by atoms with Crippen molar-refractivity contribution in [2.75, 3.05) is 0 Å². The summed E-state index contributed by atoms with van der Waals surface area (Å²) in [6.45, 7) is 7.87. The van der Waals surface area contributed by atoms with Crippen molar-refractivity contribution in [1.29, 1.82) is 0 Å². The summed E-state index contributed by atoms with van der Waals surface area (Å²) in [7, 11) is 0. The average molecular weight is 389 g/mol. The third-order valence-electron chi connectivity index (χ3n) is 6.43. The van der Waals surface area contributed by atoms with Gasteiger partial charge in [-0.05, 0) is 95.8 Å². The van der Waals surface area contributed by atoms with E-state index in [9.17, 15) is 19.8 Å². The zero-order valence-corrected chi connectivity index (χ0v) is 17.9. The van der Waals surface area contributed by atoms with Crippen LogP contribution in [0.25, 0.3) is 0 Å². The number of hydrogen-bond donors (Lipinski definition) is 2. The molecule has 1 fully saturated rings. The fourth-order valence-corrected chi connectivity index (χ4v) is 4.14. The van der Waals surface area contributed by atoms with Crippen LogP contribution in [0.2, 0.25) is 0 Å². The number of carbonyl (C=O) groups is 2. The van der Waals surface area contributed by atoms with E-state index in [1.807, 2.05) is 0 Å². The molecule has 0 heterocycles. The lowest BCUT2D eigenvalue weighted by molar-refractivity contribution is -0.147. The molecule has 0 spiro atoms. The zero-order valence-electron chi connectivity index (χ0n) is 17.9. The fourth-order valence-electron chi connectivity index (χ4n) is 4.14. The molecule has 1 aliphatic carbocycles. The predicted molar refractivity (Wildman–Crippen MR) is 112 cm³/mol. The van der Waals surface area contributed by atoms with E-state index in [1.165, 1.54) is 22.3 Å². The third-order valence-corrected chi connectivity index (χ3v) is 6.43. The second-order valence-electron chi connectivity index (χ2n) is 9.41. The van der Waals surface area contributed by atoms with E-state index in [2.05, 4.69) is 26.0 Å². The molecule has 4 heteroatoms. The van der Waals surface area contributed by atoms with Gasteiger partial charge in [0.25, 0.3) is 0 Å². The molecule has 0 aliphatic heterocycles. The van der Waals surface area contributed by atoms with E-state index < -0.39 is 22.8 Å². The molecule has 28 heavy (non-hydrogen) atoms. The number of aliphatic carboxylic acids is 2. The molecule has 1 aliphatic rings. The highest BCUT2D eigenvalue weighted by molar-refractivity contribution is 5.77. The number of benzene rings is 1. The lowest BCUT2D eigenvalue weighted by Crippen LogP contribution is -2.23. The molecule has 1 saturated carbocycles. The normalized spacial score (nSPS) is 15.4. The van der Waals surface area contributed by atoms with Crippen LogP contribution in [0.15, 0.2) is 12.1 Å². The van der Waals surface area contributed by atoms with Crippen LogP contribution in [-0.4, -0.2) is 22.2 Å². The van der Waals surface area contributed by atoms with Crippen LogP contribution < -0.4 is 0 Å². The van der Waals surface area contributed by atoms with E-state index in [-0.39, 0.29) is 0 Å². The quantitative estimate of drug-likeness (QED) is 0.450. The Labute approximate surface area is 169 Å². The summed E-state index contributed by atoms with van der Waals surface area (Å²) >= 11 is 0. The second kappa shape index (κ2) is 9.11. The Morgan fingerprint density at radius 1 is 1.00 bits per heavy atom. The number of hydrogen-bond acceptors (Lipinski definition) is 2. The van der Waals surface area contributed by atoms with Crippen molar-refractivity contribution in [3.63, 3.8) is 0 Å². The van der Waals surface area contributed by atoms with Gasteiger partial charge < -0.3 is 10.2 Å². The van der Waals surface area contributed by atoms with Crippen LogP contribution in [0.5, 0.6) is 0 Å². The van der Waals surface area contributed by atoms with Gasteiger partial charge in [0.15, 0.2) is 0 Å². The highest BCUT2D eigenvalue weighted by atomic mass is 16.4. The molecule has 1 aromatic carbocycles. The average Bonchev–Trinajstić information content (AvgIpc) is 3.38. The molecule has 0 unspecified atom stereocenters. The maximum atomic E-state index is 11.3. The van der Waals surface area contributed by atoms with Gasteiger partial charge in [0.05, 0.1) is 10.8 Å². The summed E-state index contributed by atoms with van der Waals surface area (Å²) in [5.41, 5.74) is 4.30. The van der Waals surface area contributed by atoms with Crippen molar-refractivity contribution in [2.45, 2.75) is 91.9 Å². The molecule has 1 aromatic rings. The number of rotatable bonds is 12. The number of aryl methyl sites for hydroxylation is 3. The first-order chi connectivity index (χ1) is 13.1. The summed E-state index contributed by atoms with van der Waals surface area (Å²) in [5, 5.41) is 18.6. The molecule has 0 saturated heterocycles. The number of unbranched alkanes of at least 4 members (excludes halogenated alkanes) is 2. The summed E-state index contributed by atoms with van der Waals surface area (Å²) < 4.78 is 0. The fraction of sp³-hybridized carbons (Fsp3) is 0.667. The van der Waals surface area contributed by atoms with E-state index in [0.29, 0.717) is 6.42 Å². The van der Waals surface area contributed by atoms with Crippen LogP contribution in [0, 0.1) is 24.7 Å². The molecule has 0 radical (unpaired) electrons. The number of carboxylic acid groups (broad SMARTS) is 2. The first-order valence-electron chi connectivity index (χ1n) is 10.6. The smallest absolute Gasteiger partial charge is 0.309 e. The van der Waals surface area contributed by atoms with Gasteiger partial charge in [-0.1, -0.05) is 30.5 Å². The molecular formula is C24H36O4. The van der Waals surface area contributed by atoms with Gasteiger partial charge in [0.1, 0.15) is 0 Å². The van der Waals surface area contributed by atoms with Gasteiger partial charge in [-0.2, -0.15) is 0 Å². The van der Waals surface area contributed by atoms with Crippen LogP contribution in [-0.2, 0) is 22.4 Å². The Balaban J connectivity index is 1.89. The molecular weight excluding hydrogens is 352 g/mol. The van der Waals surface area contributed by atoms with Gasteiger partial charge in [0.2, 0.25) is 0 Å². The van der Waals surface area contributed by atoms with Crippen molar-refractivity contribution < 1.29 is 19.8 Å². The summed E-state index contributed by atoms with van der Waals surface area (Å²) in [4.78, 5) is 22.6. The topological polar surface area (TPSA) is 74.6 Å². The molecule has 2 rings (SSSR count). The van der Waals surface area contributed by atoms with Gasteiger partial charge in [-0.3, -0.25) is 9.59 Å². The largest absolute Gasteiger partial charge is 0.481 e. The lowest BCUT2D eigenvalue weighted by atomic mass is 9.86. The Hall–Kier alpha value is -1.84. The highest BCUT2D eigenvalue weighted by Crippen LogP contribution is 2.50. The van der Waals surface area contributed by atoms with Crippen LogP contribution >= 0.6 is 0 Å². The van der Waals surface area contributed by atoms with Gasteiger partial charge in [-0.25, -0.2) is 0 Å². The molecule has 0 aromatic heterocycles. The van der Waals surface area contributed by atoms with Gasteiger partial charge in [0, 0.05) is 0 Å². The third kappa shape index (κ3) is 5.83. The van der Waals surface area contributed by atoms with Crippen molar-refractivity contribution in [3.05, 3.63) is 34.4 Å². The maximum Gasteiger partial charge on any atom is 0.309 e. The Morgan fingerprint density at radius 3 is 2.21 bits per heavy atom. The summed E-state index contributed by atoms with van der Waals surface area (Å²) in [6.07, 6.45) is 9.04. The Bertz CT molecular complexity index is 714. The van der Waals surface area contributed by atoms with Crippen LogP contribution in [0.4, 0.5) is 0 Å². The van der Waals surface area contributed by atoms with Gasteiger partial charge >= 0.3 is 11.9 Å². The Morgan fingerprint density at radius 2 is 1.64 bits per heavy atom. The maximum absolute atomic E-state index is 11.3. The van der Waals surface area contributed by atoms with Crippen LogP contribution in [0.1, 0.15) is 87.5 Å². The van der Waals surface area contributed by atoms with Crippen molar-refractivity contribution in [3.8, 4) is 0 Å². The summed E-state index contributed by atoms with van der Waals surface area (Å²) in [5.74, 6) is -1.35. The van der Waals surface area contributed by atoms with Crippen LogP contribution in [0.3, 0.4) is 0 Å². The first kappa shape index (κ1) is 22.4. The minimum absolute atomic E-state index is 0.415. The second-order valence-corrected chi connectivity index (χ2v) is 9.41.